The molecule has 2 N–H and O–H groups in total. The summed E-state index contributed by atoms with van der Waals surface area (Å²) in [5, 5.41) is 13.0. The monoisotopic (exact) mass is 477 g/mol. The van der Waals surface area contributed by atoms with Crippen molar-refractivity contribution < 1.29 is 32.6 Å². The van der Waals surface area contributed by atoms with Crippen LogP contribution in [0, 0.1) is 17.5 Å². The van der Waals surface area contributed by atoms with Gasteiger partial charge in [-0.3, -0.25) is 14.4 Å². The molecule has 1 aromatic heterocycles. The van der Waals surface area contributed by atoms with Gasteiger partial charge in [-0.05, 0) is 19.3 Å². The van der Waals surface area contributed by atoms with Gasteiger partial charge < -0.3 is 24.6 Å². The fourth-order valence-corrected chi connectivity index (χ4v) is 5.56. The lowest BCUT2D eigenvalue weighted by Crippen LogP contribution is -2.52. The first kappa shape index (κ1) is 22.5. The molecule has 4 heterocycles. The topological polar surface area (TPSA) is 101 Å². The number of fused-ring (bicyclic) bond motifs is 1. The van der Waals surface area contributed by atoms with Crippen LogP contribution in [0.5, 0.6) is 5.75 Å². The van der Waals surface area contributed by atoms with Gasteiger partial charge in [-0.25, -0.2) is 13.2 Å². The van der Waals surface area contributed by atoms with Gasteiger partial charge in [0.15, 0.2) is 11.4 Å². The Morgan fingerprint density at radius 1 is 1.24 bits per heavy atom. The molecule has 2 atom stereocenters. The van der Waals surface area contributed by atoms with Crippen LogP contribution in [0.15, 0.2) is 16.9 Å². The number of halogens is 3. The molecule has 34 heavy (non-hydrogen) atoms. The first-order valence-corrected chi connectivity index (χ1v) is 10.9. The summed E-state index contributed by atoms with van der Waals surface area (Å²) in [6.07, 6.45) is 1.91. The molecule has 2 aromatic rings. The molecule has 3 aliphatic rings. The number of methoxy groups -OCH3 is 1. The van der Waals surface area contributed by atoms with Gasteiger partial charge in [0.2, 0.25) is 5.43 Å². The number of benzene rings is 1. The molecule has 2 amide bonds. The third kappa shape index (κ3) is 3.13. The molecular formula is C23H22F3N3O5. The molecule has 11 heteroatoms. The molecule has 1 fully saturated rings. The fourth-order valence-electron chi connectivity index (χ4n) is 5.56. The molecule has 8 nitrogen and oxygen atoms in total. The van der Waals surface area contributed by atoms with E-state index in [2.05, 4.69) is 5.32 Å². The summed E-state index contributed by atoms with van der Waals surface area (Å²) in [6, 6.07) is 0.968. The van der Waals surface area contributed by atoms with Crippen LogP contribution in [0.2, 0.25) is 0 Å². The van der Waals surface area contributed by atoms with Gasteiger partial charge in [0.1, 0.15) is 29.1 Å². The number of pyridine rings is 1. The van der Waals surface area contributed by atoms with E-state index in [0.29, 0.717) is 38.1 Å². The van der Waals surface area contributed by atoms with Crippen molar-refractivity contribution in [3.05, 3.63) is 62.3 Å². The van der Waals surface area contributed by atoms with Crippen molar-refractivity contribution in [2.45, 2.75) is 43.9 Å². The van der Waals surface area contributed by atoms with Crippen LogP contribution in [0.4, 0.5) is 13.2 Å². The zero-order chi connectivity index (χ0) is 24.4. The molecule has 180 valence electrons. The van der Waals surface area contributed by atoms with E-state index in [1.807, 2.05) is 0 Å². The van der Waals surface area contributed by atoms with Crippen molar-refractivity contribution in [2.75, 3.05) is 20.2 Å². The number of amides is 2. The van der Waals surface area contributed by atoms with E-state index in [1.165, 1.54) is 7.11 Å². The van der Waals surface area contributed by atoms with E-state index < -0.39 is 69.8 Å². The van der Waals surface area contributed by atoms with Crippen LogP contribution in [0.3, 0.4) is 0 Å². The van der Waals surface area contributed by atoms with E-state index in [0.717, 1.165) is 12.8 Å². The van der Waals surface area contributed by atoms with Gasteiger partial charge >= 0.3 is 0 Å². The molecule has 2 bridgehead atoms. The number of hydrogen-bond acceptors (Lipinski definition) is 5. The van der Waals surface area contributed by atoms with Crippen LogP contribution >= 0.6 is 0 Å². The molecule has 0 saturated carbocycles. The number of ether oxygens (including phenoxy) is 1. The van der Waals surface area contributed by atoms with Crippen LogP contribution in [0.1, 0.15) is 63.9 Å². The lowest BCUT2D eigenvalue weighted by atomic mass is 9.88. The number of hydrogen-bond donors (Lipinski definition) is 2. The van der Waals surface area contributed by atoms with Gasteiger partial charge in [-0.2, -0.15) is 0 Å². The Hall–Kier alpha value is -3.34. The van der Waals surface area contributed by atoms with E-state index in [-0.39, 0.29) is 11.4 Å². The molecule has 0 radical (unpaired) electrons. The third-order valence-corrected chi connectivity index (χ3v) is 7.07. The van der Waals surface area contributed by atoms with Crippen molar-refractivity contribution in [1.82, 2.24) is 14.8 Å². The van der Waals surface area contributed by atoms with Gasteiger partial charge in [0, 0.05) is 50.9 Å². The second-order valence-corrected chi connectivity index (χ2v) is 8.99. The van der Waals surface area contributed by atoms with Gasteiger partial charge in [-0.15, -0.1) is 0 Å². The van der Waals surface area contributed by atoms with Crippen LogP contribution in [0.25, 0.3) is 0 Å². The Morgan fingerprint density at radius 2 is 1.94 bits per heavy atom. The van der Waals surface area contributed by atoms with E-state index in [9.17, 15) is 32.7 Å². The lowest BCUT2D eigenvalue weighted by molar-refractivity contribution is 0.0497. The van der Waals surface area contributed by atoms with Gasteiger partial charge in [0.05, 0.1) is 11.2 Å². The summed E-state index contributed by atoms with van der Waals surface area (Å²) < 4.78 is 48.4. The summed E-state index contributed by atoms with van der Waals surface area (Å²) in [5.74, 6) is -5.81. The molecule has 5 rings (SSSR count). The van der Waals surface area contributed by atoms with Crippen molar-refractivity contribution in [3.63, 3.8) is 0 Å². The highest BCUT2D eigenvalue weighted by Crippen LogP contribution is 2.50. The summed E-state index contributed by atoms with van der Waals surface area (Å²) in [4.78, 5) is 41.0. The maximum absolute atomic E-state index is 14.0. The molecule has 0 aliphatic carbocycles. The number of nitrogens with one attached hydrogen (secondary N) is 1. The number of aromatic hydroxyl groups is 1. The molecule has 0 unspecified atom stereocenters. The van der Waals surface area contributed by atoms with Gasteiger partial charge in [-0.1, -0.05) is 0 Å². The summed E-state index contributed by atoms with van der Waals surface area (Å²) in [5.41, 5.74) is -2.74. The zero-order valence-electron chi connectivity index (χ0n) is 18.3. The molecule has 1 aromatic carbocycles. The van der Waals surface area contributed by atoms with Crippen molar-refractivity contribution in [2.24, 2.45) is 0 Å². The summed E-state index contributed by atoms with van der Waals surface area (Å²) >= 11 is 0. The highest BCUT2D eigenvalue weighted by atomic mass is 19.1. The van der Waals surface area contributed by atoms with Crippen LogP contribution in [-0.4, -0.2) is 46.6 Å². The molecule has 1 spiro atoms. The smallest absolute Gasteiger partial charge is 0.274 e. The normalized spacial score (nSPS) is 23.0. The Balaban J connectivity index is 1.63. The molecule has 1 saturated heterocycles. The summed E-state index contributed by atoms with van der Waals surface area (Å²) in [6.45, 7) is 0.201. The fraction of sp³-hybridized carbons (Fsp3) is 0.435. The van der Waals surface area contributed by atoms with Crippen LogP contribution in [-0.2, 0) is 16.8 Å². The standard InChI is InChI=1S/C23H22F3N3O5/c1-34-15-8-23-4-2-3-5-28(10-23)22(33)18-20(31)19(30)16(17(15)29(18)23)21(32)27-9-12-13(25)6-11(24)7-14(12)26/h6-7,15,31H,2-5,8-10H2,1H3,(H,27,32)/t15-,23-/m1/s1. The number of rotatable bonds is 4. The minimum absolute atomic E-state index is 0.160. The average molecular weight is 477 g/mol. The predicted octanol–water partition coefficient (Wildman–Crippen LogP) is 2.33. The zero-order valence-corrected chi connectivity index (χ0v) is 18.3. The maximum Gasteiger partial charge on any atom is 0.274 e. The number of carbonyl (C=O) groups excluding carboxylic acids is 2. The van der Waals surface area contributed by atoms with Crippen molar-refractivity contribution in [3.8, 4) is 5.75 Å². The van der Waals surface area contributed by atoms with E-state index in [4.69, 9.17) is 4.74 Å². The Bertz CT molecular complexity index is 1270. The van der Waals surface area contributed by atoms with E-state index >= 15 is 0 Å². The average Bonchev–Trinajstić information content (AvgIpc) is 2.96. The lowest BCUT2D eigenvalue weighted by Gasteiger charge is -2.41. The van der Waals surface area contributed by atoms with Crippen LogP contribution < -0.4 is 10.7 Å². The largest absolute Gasteiger partial charge is 0.503 e. The SMILES string of the molecule is CO[C@@H]1C[C@]23CCCCN(C2)C(=O)c2c(O)c(=O)c(C(=O)NCc4c(F)cc(F)cc4F)c1n23. The van der Waals surface area contributed by atoms with Crippen molar-refractivity contribution >= 4 is 11.8 Å². The maximum atomic E-state index is 14.0. The quantitative estimate of drug-likeness (QED) is 0.704. The second-order valence-electron chi connectivity index (χ2n) is 8.99. The minimum Gasteiger partial charge on any atom is -0.503 e. The second kappa shape index (κ2) is 7.86. The molecular weight excluding hydrogens is 455 g/mol. The Morgan fingerprint density at radius 3 is 2.62 bits per heavy atom. The highest BCUT2D eigenvalue weighted by Gasteiger charge is 2.54. The van der Waals surface area contributed by atoms with Gasteiger partial charge in [0.25, 0.3) is 11.8 Å². The van der Waals surface area contributed by atoms with E-state index in [1.54, 1.807) is 9.47 Å². The number of carbonyl (C=O) groups is 2. The number of nitrogens with zero attached hydrogens (tertiary/aromatic N) is 2. The first-order chi connectivity index (χ1) is 16.2. The first-order valence-electron chi connectivity index (χ1n) is 10.9. The third-order valence-electron chi connectivity index (χ3n) is 7.07. The Labute approximate surface area is 191 Å². The molecule has 3 aliphatic heterocycles. The summed E-state index contributed by atoms with van der Waals surface area (Å²) in [7, 11) is 1.42. The predicted molar refractivity (Wildman–Crippen MR) is 112 cm³/mol. The minimum atomic E-state index is -1.19. The Kier molecular flexibility index (Phi) is 5.19. The highest BCUT2D eigenvalue weighted by molar-refractivity contribution is 6.00. The number of aromatic nitrogens is 1. The van der Waals surface area contributed by atoms with Crippen molar-refractivity contribution in [1.29, 1.82) is 0 Å².